The van der Waals surface area contributed by atoms with Crippen LogP contribution >= 0.6 is 45.3 Å². The van der Waals surface area contributed by atoms with Crippen LogP contribution in [-0.4, -0.2) is 152 Å². The zero-order valence-electron chi connectivity index (χ0n) is 80.7. The molecule has 0 spiro atoms. The average Bonchev–Trinajstić information content (AvgIpc) is 1.60. The Bertz CT molecular complexity index is 5650. The number of hydrogen-bond donors (Lipinski definition) is 7. The fourth-order valence-corrected chi connectivity index (χ4v) is 13.7. The second-order valence-corrected chi connectivity index (χ2v) is 31.4. The zero-order valence-corrected chi connectivity index (χ0v) is 84.0. The lowest BCUT2D eigenvalue weighted by Gasteiger charge is -2.20. The molecule has 3 aliphatic rings. The Hall–Kier alpha value is -14.0. The zero-order chi connectivity index (χ0) is 101. The van der Waals surface area contributed by atoms with Crippen molar-refractivity contribution in [2.24, 2.45) is 5.92 Å². The maximum Gasteiger partial charge on any atom is 0.418 e. The molecule has 2 amide bonds. The molecule has 0 unspecified atom stereocenters. The number of H-pyrrole nitrogens is 3. The van der Waals surface area contributed by atoms with Gasteiger partial charge in [0.2, 0.25) is 11.8 Å². The summed E-state index contributed by atoms with van der Waals surface area (Å²) < 4.78 is 40.2. The molecule has 134 heavy (non-hydrogen) atoms. The van der Waals surface area contributed by atoms with Gasteiger partial charge in [0.15, 0.2) is 5.69 Å². The van der Waals surface area contributed by atoms with E-state index in [9.17, 15) is 57.9 Å². The topological polar surface area (TPSA) is 396 Å². The van der Waals surface area contributed by atoms with Crippen LogP contribution in [0.4, 0.5) is 4.79 Å². The summed E-state index contributed by atoms with van der Waals surface area (Å²) in [7, 11) is 6.67. The number of ether oxygens (including phenoxy) is 8. The molecule has 33 heteroatoms. The number of carboxylic acids is 1. The number of nitrogens with one attached hydrogen (secondary N) is 5. The predicted molar refractivity (Wildman–Crippen MR) is 531 cm³/mol. The number of methoxy groups -OCH3 is 5. The standard InChI is InChI=1S/C18H13NO2S3.C16H17NO3.C15H18N2O4.C12H11NO2.C10H9NO2S.C8H9NO5.C8H9NO3.C4H10.5C2H6/c1-21-18(20)17-15(12-3-6-23-9-12)14(11-2-5-22-8-11)16(19-17)13-4-7-24-10-13;1-11(2)20-16(19)13-8-9-14(10-13)17-15(18)12-6-4-3-5-7-12;1-15(2,3)21-14(19)17-7-5-6-12(17)10-8-11(16-9-10)13(18)20-4;1-15-12(14)10-5-4-9(7-10)11-3-2-6-13-8-11;1-13-10(12)9-4-8(5-11-9)7-2-3-14-6-7;1-5(10)14-7-4-3-6(9(7)12)8(11)13-2;1-5(10)9-7-3-2-6(4-7)8(11)12;1-4(2)3;5*1-2/h2-10,19H,1H3;3-7,9-11H,8H2,1-2H3,(H,17,18);5-9,16H,1-4H3;2-4,6-8H,5H2,1H3;2-6,11H,1H3;3-4,12H,1-2H3;3-4H,2H2,1H3,(H,9,10)(H,11,12);4H,1-3H3;5*1-2H3. The van der Waals surface area contributed by atoms with Crippen molar-refractivity contribution in [3.63, 3.8) is 0 Å². The lowest BCUT2D eigenvalue weighted by molar-refractivity contribution is -0.142. The third-order valence-corrected chi connectivity index (χ3v) is 19.2. The molecule has 3 aliphatic carbocycles. The SMILES string of the molecule is CC.CC.CC.CC.CC.CC(=O)NC1=CCC(C(=O)O)=C1.CC(C)C.CC(C)OC(=O)C1=CC(NC(=O)c2ccccc2)=CC1.COC(=O)C1=CC(c2cccnc2)=CC1.COC(=O)c1[nH]c(-c2ccsc2)c(-c2ccsc2)c1-c1ccsc1.COC(=O)c1cc(-c2cccn2C(=O)OC(C)(C)C)c[nH]1.COC(=O)c1cc(-c2ccsc2)c[nH]1.COC(=O)c1ccc(OC(C)=O)n1O. The van der Waals surface area contributed by atoms with Gasteiger partial charge in [0.1, 0.15) is 22.7 Å². The van der Waals surface area contributed by atoms with Gasteiger partial charge < -0.3 is 73.8 Å². The van der Waals surface area contributed by atoms with E-state index in [4.69, 9.17) is 19.3 Å². The molecular formula is C101H126N8O21S4. The summed E-state index contributed by atoms with van der Waals surface area (Å²) in [4.78, 5) is 138. The minimum Gasteiger partial charge on any atom is -0.478 e. The number of thiophene rings is 4. The van der Waals surface area contributed by atoms with Gasteiger partial charge in [0.05, 0.1) is 53.0 Å². The van der Waals surface area contributed by atoms with Crippen LogP contribution in [0.2, 0.25) is 0 Å². The predicted octanol–water partition coefficient (Wildman–Crippen LogP) is 23.8. The first-order valence-electron chi connectivity index (χ1n) is 43.0. The van der Waals surface area contributed by atoms with Crippen LogP contribution in [0.3, 0.4) is 0 Å². The highest BCUT2D eigenvalue weighted by atomic mass is 32.1. The Labute approximate surface area is 800 Å². The third kappa shape index (κ3) is 38.4. The molecule has 10 heterocycles. The number of rotatable bonds is 18. The Morgan fingerprint density at radius 1 is 0.500 bits per heavy atom. The Kier molecular flexibility index (Phi) is 54.0. The number of amides is 2. The van der Waals surface area contributed by atoms with Gasteiger partial charge >= 0.3 is 53.8 Å². The van der Waals surface area contributed by atoms with Gasteiger partial charge in [-0.1, -0.05) is 133 Å². The number of pyridine rings is 1. The van der Waals surface area contributed by atoms with Crippen molar-refractivity contribution in [1.82, 2.24) is 39.9 Å². The number of benzene rings is 1. The number of carboxylic acid groups (broad SMARTS) is 1. The van der Waals surface area contributed by atoms with Gasteiger partial charge in [-0.3, -0.25) is 23.9 Å². The summed E-state index contributed by atoms with van der Waals surface area (Å²) in [5.74, 6) is -3.66. The van der Waals surface area contributed by atoms with E-state index in [2.05, 4.69) is 109 Å². The normalized spacial score (nSPS) is 11.3. The molecule has 0 bridgehead atoms. The van der Waals surface area contributed by atoms with E-state index >= 15 is 0 Å². The highest BCUT2D eigenvalue weighted by Crippen LogP contribution is 2.45. The minimum atomic E-state index is -0.938. The Morgan fingerprint density at radius 3 is 1.46 bits per heavy atom. The molecule has 0 fully saturated rings. The quantitative estimate of drug-likeness (QED) is 0.0238. The lowest BCUT2D eigenvalue weighted by Crippen LogP contribution is -2.27. The maximum atomic E-state index is 12.4. The second kappa shape index (κ2) is 62.3. The molecule has 7 N–H and O–H groups in total. The minimum absolute atomic E-state index is 0.108. The first-order valence-corrected chi connectivity index (χ1v) is 46.8. The summed E-state index contributed by atoms with van der Waals surface area (Å²) in [6, 6.07) is 30.5. The third-order valence-electron chi connectivity index (χ3n) is 16.5. The van der Waals surface area contributed by atoms with Gasteiger partial charge in [-0.15, -0.1) is 4.73 Å². The smallest absolute Gasteiger partial charge is 0.418 e. The van der Waals surface area contributed by atoms with Crippen molar-refractivity contribution in [1.29, 1.82) is 0 Å². The molecule has 0 saturated carbocycles. The molecule has 1 aromatic carbocycles. The fourth-order valence-electron chi connectivity index (χ4n) is 11.1. The van der Waals surface area contributed by atoms with Crippen LogP contribution in [0.15, 0.2) is 242 Å². The number of nitrogens with zero attached hydrogens (tertiary/aromatic N) is 3. The number of hydrogen-bond acceptors (Lipinski definition) is 25. The van der Waals surface area contributed by atoms with Crippen molar-refractivity contribution >= 4 is 117 Å². The summed E-state index contributed by atoms with van der Waals surface area (Å²) in [5, 5.41) is 39.5. The number of allylic oxidation sites excluding steroid dienone is 7. The maximum absolute atomic E-state index is 12.4. The lowest BCUT2D eigenvalue weighted by atomic mass is 9.96. The molecule has 14 rings (SSSR count). The van der Waals surface area contributed by atoms with E-state index in [1.165, 1.54) is 72.2 Å². The number of esters is 7. The van der Waals surface area contributed by atoms with Crippen molar-refractivity contribution < 1.29 is 101 Å². The van der Waals surface area contributed by atoms with E-state index in [0.29, 0.717) is 86.0 Å². The monoisotopic (exact) mass is 1910 g/mol. The Morgan fingerprint density at radius 2 is 0.985 bits per heavy atom. The average molecular weight is 1920 g/mol. The molecule has 0 radical (unpaired) electrons. The number of aromatic amines is 3. The van der Waals surface area contributed by atoms with Crippen LogP contribution in [-0.2, 0) is 57.1 Å². The number of aromatic nitrogens is 6. The van der Waals surface area contributed by atoms with E-state index in [0.717, 1.165) is 61.7 Å². The molecular weight excluding hydrogens is 1790 g/mol. The van der Waals surface area contributed by atoms with E-state index in [1.54, 1.807) is 178 Å². The van der Waals surface area contributed by atoms with Gasteiger partial charge in [-0.25, -0.2) is 38.4 Å². The van der Waals surface area contributed by atoms with E-state index in [-0.39, 0.29) is 53.4 Å². The highest BCUT2D eigenvalue weighted by Gasteiger charge is 2.28. The number of aliphatic carboxylic acids is 1. The van der Waals surface area contributed by atoms with Crippen LogP contribution in [0.5, 0.6) is 5.88 Å². The van der Waals surface area contributed by atoms with Gasteiger partial charge in [-0.2, -0.15) is 45.3 Å². The van der Waals surface area contributed by atoms with Crippen LogP contribution in [0.25, 0.3) is 61.5 Å². The summed E-state index contributed by atoms with van der Waals surface area (Å²) in [5.41, 5.74) is 15.6. The summed E-state index contributed by atoms with van der Waals surface area (Å²) >= 11 is 6.52. The van der Waals surface area contributed by atoms with E-state index in [1.807, 2.05) is 133 Å². The van der Waals surface area contributed by atoms with Gasteiger partial charge in [-0.05, 0) is 216 Å². The molecule has 29 nitrogen and oxygen atoms in total. The second-order valence-electron chi connectivity index (χ2n) is 28.3. The first kappa shape index (κ1) is 116. The molecule has 11 aromatic rings. The molecule has 0 saturated heterocycles. The van der Waals surface area contributed by atoms with E-state index < -0.39 is 35.6 Å². The fraction of sp³-hybridized carbons (Fsp3) is 0.307. The van der Waals surface area contributed by atoms with Crippen molar-refractivity contribution in [3.8, 4) is 61.8 Å². The molecule has 10 aromatic heterocycles. The molecule has 0 atom stereocenters. The Balaban J connectivity index is 0.000000522. The number of carbonyl (C=O) groups excluding carboxylic acids is 10. The van der Waals surface area contributed by atoms with Crippen molar-refractivity contribution in [2.75, 3.05) is 35.5 Å². The summed E-state index contributed by atoms with van der Waals surface area (Å²) in [6.45, 7) is 38.1. The van der Waals surface area contributed by atoms with Crippen LogP contribution < -0.4 is 15.4 Å². The molecule has 0 aliphatic heterocycles. The highest BCUT2D eigenvalue weighted by molar-refractivity contribution is 7.09. The van der Waals surface area contributed by atoms with Gasteiger partial charge in [0.25, 0.3) is 5.91 Å². The van der Waals surface area contributed by atoms with Crippen molar-refractivity contribution in [3.05, 3.63) is 276 Å². The van der Waals surface area contributed by atoms with Gasteiger partial charge in [0, 0.05) is 118 Å². The molecule has 720 valence electrons. The van der Waals surface area contributed by atoms with Crippen LogP contribution in [0, 0.1) is 5.92 Å². The summed E-state index contributed by atoms with van der Waals surface area (Å²) in [6.07, 6.45) is 19.9. The largest absolute Gasteiger partial charge is 0.478 e. The van der Waals surface area contributed by atoms with Crippen molar-refractivity contribution in [2.45, 2.75) is 169 Å². The first-order chi connectivity index (χ1) is 64.2. The number of carbonyl (C=O) groups is 11. The van der Waals surface area contributed by atoms with Crippen LogP contribution in [0.1, 0.15) is 216 Å².